The Bertz CT molecular complexity index is 671. The van der Waals surface area contributed by atoms with Crippen molar-refractivity contribution in [3.8, 4) is 10.7 Å². The number of nitrogens with two attached hydrogens (primary N) is 2. The summed E-state index contributed by atoms with van der Waals surface area (Å²) in [5.74, 6) is 0.649. The largest absolute Gasteiger partial charge is 0.330 e. The van der Waals surface area contributed by atoms with Crippen LogP contribution in [0, 0.1) is 0 Å². The molecule has 0 saturated heterocycles. The Morgan fingerprint density at radius 2 is 2.08 bits per heavy atom. The van der Waals surface area contributed by atoms with Crippen molar-refractivity contribution in [2.24, 2.45) is 11.5 Å². The van der Waals surface area contributed by atoms with E-state index < -0.39 is 6.04 Å². The van der Waals surface area contributed by atoms with Crippen molar-refractivity contribution >= 4 is 23.1 Å². The van der Waals surface area contributed by atoms with E-state index in [0.717, 1.165) is 29.2 Å². The van der Waals surface area contributed by atoms with Crippen LogP contribution in [0.2, 0.25) is 0 Å². The topological polar surface area (TPSA) is 107 Å². The van der Waals surface area contributed by atoms with Crippen LogP contribution in [0.1, 0.15) is 44.7 Å². The van der Waals surface area contributed by atoms with Crippen molar-refractivity contribution in [1.29, 1.82) is 0 Å². The first kappa shape index (κ1) is 18.5. The number of unbranched alkanes of at least 4 members (excludes halogenated alkanes) is 1. The minimum Gasteiger partial charge on any atom is -0.330 e. The number of rotatable bonds is 8. The summed E-state index contributed by atoms with van der Waals surface area (Å²) in [6, 6.07) is 4.95. The fraction of sp³-hybridized carbons (Fsp3) is 0.471. The van der Waals surface area contributed by atoms with Gasteiger partial charge in [0, 0.05) is 5.38 Å². The van der Waals surface area contributed by atoms with Crippen LogP contribution in [0.15, 0.2) is 23.6 Å². The number of amides is 1. The molecular weight excluding hydrogens is 322 g/mol. The lowest BCUT2D eigenvalue weighted by atomic mass is 10.1. The summed E-state index contributed by atoms with van der Waals surface area (Å²) in [6.07, 6.45) is 2.33. The fourth-order valence-corrected chi connectivity index (χ4v) is 3.10. The van der Waals surface area contributed by atoms with Gasteiger partial charge in [-0.1, -0.05) is 26.3 Å². The van der Waals surface area contributed by atoms with E-state index in [-0.39, 0.29) is 5.91 Å². The number of carbonyl (C=O) groups is 1. The molecule has 0 radical (unpaired) electrons. The molecule has 2 aromatic heterocycles. The van der Waals surface area contributed by atoms with Gasteiger partial charge in [-0.3, -0.25) is 4.79 Å². The number of thiazole rings is 1. The second-order valence-corrected chi connectivity index (χ2v) is 6.88. The zero-order valence-electron chi connectivity index (χ0n) is 14.2. The zero-order valence-corrected chi connectivity index (χ0v) is 15.0. The Morgan fingerprint density at radius 1 is 1.29 bits per heavy atom. The van der Waals surface area contributed by atoms with Crippen LogP contribution >= 0.6 is 11.3 Å². The first-order valence-electron chi connectivity index (χ1n) is 8.20. The SMILES string of the molecule is CC(C)c1csc(-c2cccc(NC(=O)[C@@H](N)CCCCN)n2)n1. The minimum absolute atomic E-state index is 0.223. The fourth-order valence-electron chi connectivity index (χ4n) is 2.15. The molecular formula is C17H25N5OS. The summed E-state index contributed by atoms with van der Waals surface area (Å²) in [5.41, 5.74) is 13.2. The van der Waals surface area contributed by atoms with E-state index in [1.165, 1.54) is 0 Å². The molecule has 0 aliphatic heterocycles. The van der Waals surface area contributed by atoms with E-state index in [1.807, 2.05) is 17.5 Å². The predicted molar refractivity (Wildman–Crippen MR) is 98.9 cm³/mol. The van der Waals surface area contributed by atoms with Crippen LogP contribution in [0.25, 0.3) is 10.7 Å². The average molecular weight is 347 g/mol. The number of nitrogens with zero attached hydrogens (tertiary/aromatic N) is 2. The molecule has 5 N–H and O–H groups in total. The number of hydrogen-bond donors (Lipinski definition) is 3. The summed E-state index contributed by atoms with van der Waals surface area (Å²) >= 11 is 1.56. The highest BCUT2D eigenvalue weighted by atomic mass is 32.1. The third kappa shape index (κ3) is 5.09. The Morgan fingerprint density at radius 3 is 2.75 bits per heavy atom. The molecule has 0 bridgehead atoms. The average Bonchev–Trinajstić information content (AvgIpc) is 3.05. The summed E-state index contributed by atoms with van der Waals surface area (Å²) in [4.78, 5) is 21.2. The van der Waals surface area contributed by atoms with E-state index >= 15 is 0 Å². The van der Waals surface area contributed by atoms with Gasteiger partial charge in [-0.15, -0.1) is 11.3 Å². The molecule has 130 valence electrons. The number of pyridine rings is 1. The molecule has 0 aliphatic rings. The van der Waals surface area contributed by atoms with Gasteiger partial charge in [0.05, 0.1) is 11.7 Å². The summed E-state index contributed by atoms with van der Waals surface area (Å²) in [6.45, 7) is 4.83. The van der Waals surface area contributed by atoms with Crippen molar-refractivity contribution in [3.05, 3.63) is 29.3 Å². The predicted octanol–water partition coefficient (Wildman–Crippen LogP) is 2.72. The van der Waals surface area contributed by atoms with Crippen molar-refractivity contribution in [1.82, 2.24) is 9.97 Å². The first-order valence-corrected chi connectivity index (χ1v) is 9.08. The maximum Gasteiger partial charge on any atom is 0.242 e. The van der Waals surface area contributed by atoms with Gasteiger partial charge < -0.3 is 16.8 Å². The quantitative estimate of drug-likeness (QED) is 0.637. The van der Waals surface area contributed by atoms with Crippen LogP contribution in [-0.4, -0.2) is 28.5 Å². The normalized spacial score (nSPS) is 12.4. The van der Waals surface area contributed by atoms with Gasteiger partial charge in [-0.25, -0.2) is 9.97 Å². The second kappa shape index (κ2) is 8.86. The Kier molecular flexibility index (Phi) is 6.84. The number of anilines is 1. The molecule has 24 heavy (non-hydrogen) atoms. The van der Waals surface area contributed by atoms with E-state index in [1.54, 1.807) is 17.4 Å². The minimum atomic E-state index is -0.547. The number of carbonyl (C=O) groups excluding carboxylic acids is 1. The van der Waals surface area contributed by atoms with Gasteiger partial charge in [-0.05, 0) is 37.4 Å². The summed E-state index contributed by atoms with van der Waals surface area (Å²) in [7, 11) is 0. The van der Waals surface area contributed by atoms with E-state index in [0.29, 0.717) is 24.7 Å². The van der Waals surface area contributed by atoms with E-state index in [4.69, 9.17) is 11.5 Å². The highest BCUT2D eigenvalue weighted by Gasteiger charge is 2.14. The Hall–Kier alpha value is -1.83. The molecule has 7 heteroatoms. The summed E-state index contributed by atoms with van der Waals surface area (Å²) < 4.78 is 0. The first-order chi connectivity index (χ1) is 11.5. The molecule has 0 aliphatic carbocycles. The van der Waals surface area contributed by atoms with Crippen molar-refractivity contribution in [2.45, 2.75) is 45.1 Å². The van der Waals surface area contributed by atoms with Gasteiger partial charge in [0.2, 0.25) is 5.91 Å². The van der Waals surface area contributed by atoms with Gasteiger partial charge in [0.1, 0.15) is 16.5 Å². The molecule has 0 spiro atoms. The molecule has 0 fully saturated rings. The molecule has 0 unspecified atom stereocenters. The highest BCUT2D eigenvalue weighted by Crippen LogP contribution is 2.26. The van der Waals surface area contributed by atoms with Crippen molar-refractivity contribution in [2.75, 3.05) is 11.9 Å². The van der Waals surface area contributed by atoms with E-state index in [9.17, 15) is 4.79 Å². The molecule has 2 heterocycles. The van der Waals surface area contributed by atoms with Crippen LogP contribution < -0.4 is 16.8 Å². The number of aromatic nitrogens is 2. The van der Waals surface area contributed by atoms with Crippen molar-refractivity contribution < 1.29 is 4.79 Å². The third-order valence-electron chi connectivity index (χ3n) is 3.64. The molecule has 0 saturated carbocycles. The Labute approximate surface area is 146 Å². The van der Waals surface area contributed by atoms with Crippen molar-refractivity contribution in [3.63, 3.8) is 0 Å². The Balaban J connectivity index is 2.03. The summed E-state index contributed by atoms with van der Waals surface area (Å²) in [5, 5.41) is 5.67. The van der Waals surface area contributed by atoms with Gasteiger partial charge >= 0.3 is 0 Å². The third-order valence-corrected chi connectivity index (χ3v) is 4.52. The monoisotopic (exact) mass is 347 g/mol. The molecule has 2 rings (SSSR count). The van der Waals surface area contributed by atoms with Crippen LogP contribution in [0.4, 0.5) is 5.82 Å². The van der Waals surface area contributed by atoms with Gasteiger partial charge in [-0.2, -0.15) is 0 Å². The van der Waals surface area contributed by atoms with Gasteiger partial charge in [0.15, 0.2) is 0 Å². The zero-order chi connectivity index (χ0) is 17.5. The maximum atomic E-state index is 12.1. The standard InChI is InChI=1S/C17H25N5OS/c1-11(2)14-10-24-17(21-14)13-7-5-8-15(20-13)22-16(23)12(19)6-3-4-9-18/h5,7-8,10-12H,3-4,6,9,18-19H2,1-2H3,(H,20,22,23)/t12-/m0/s1. The number of hydrogen-bond acceptors (Lipinski definition) is 6. The molecule has 1 amide bonds. The highest BCUT2D eigenvalue weighted by molar-refractivity contribution is 7.13. The lowest BCUT2D eigenvalue weighted by Gasteiger charge is -2.11. The lowest BCUT2D eigenvalue weighted by Crippen LogP contribution is -2.35. The molecule has 6 nitrogen and oxygen atoms in total. The lowest BCUT2D eigenvalue weighted by molar-refractivity contribution is -0.117. The maximum absolute atomic E-state index is 12.1. The molecule has 1 atom stereocenters. The van der Waals surface area contributed by atoms with Gasteiger partial charge in [0.25, 0.3) is 0 Å². The van der Waals surface area contributed by atoms with Crippen LogP contribution in [-0.2, 0) is 4.79 Å². The van der Waals surface area contributed by atoms with E-state index in [2.05, 4.69) is 29.1 Å². The molecule has 2 aromatic rings. The van der Waals surface area contributed by atoms with Crippen LogP contribution in [0.3, 0.4) is 0 Å². The molecule has 0 aromatic carbocycles. The smallest absolute Gasteiger partial charge is 0.242 e. The number of nitrogens with one attached hydrogen (secondary N) is 1. The second-order valence-electron chi connectivity index (χ2n) is 6.02. The van der Waals surface area contributed by atoms with Crippen LogP contribution in [0.5, 0.6) is 0 Å².